The van der Waals surface area contributed by atoms with Crippen LogP contribution >= 0.6 is 0 Å². The quantitative estimate of drug-likeness (QED) is 0.282. The van der Waals surface area contributed by atoms with Crippen molar-refractivity contribution < 1.29 is 9.53 Å². The number of nitrogens with one attached hydrogen (secondary N) is 3. The van der Waals surface area contributed by atoms with E-state index >= 15 is 0 Å². The summed E-state index contributed by atoms with van der Waals surface area (Å²) in [7, 11) is 0. The maximum Gasteiger partial charge on any atom is 0.251 e. The summed E-state index contributed by atoms with van der Waals surface area (Å²) in [6, 6.07) is 13.6. The number of carbonyl (C=O) groups is 1. The number of nitrogen functional groups attached to an aromatic ring is 2. The Hall–Kier alpha value is -3.35. The molecule has 0 spiro atoms. The van der Waals surface area contributed by atoms with E-state index in [-0.39, 0.29) is 17.6 Å². The Kier molecular flexibility index (Phi) is 6.11. The number of amidine groups is 2. The minimum absolute atomic E-state index is 0.00601. The van der Waals surface area contributed by atoms with Gasteiger partial charge < -0.3 is 21.5 Å². The molecule has 0 bridgehead atoms. The fourth-order valence-electron chi connectivity index (χ4n) is 2.12. The molecule has 0 saturated carbocycles. The van der Waals surface area contributed by atoms with Gasteiger partial charge in [-0.25, -0.2) is 0 Å². The highest BCUT2D eigenvalue weighted by Crippen LogP contribution is 2.13. The monoisotopic (exact) mass is 339 g/mol. The first-order valence-corrected chi connectivity index (χ1v) is 7.77. The van der Waals surface area contributed by atoms with Crippen LogP contribution in [0.3, 0.4) is 0 Å². The number of hydrogen-bond donors (Lipinski definition) is 5. The zero-order valence-electron chi connectivity index (χ0n) is 13.7. The van der Waals surface area contributed by atoms with Gasteiger partial charge in [0.1, 0.15) is 17.4 Å². The van der Waals surface area contributed by atoms with Crippen molar-refractivity contribution in [2.75, 3.05) is 13.2 Å². The second-order valence-corrected chi connectivity index (χ2v) is 5.39. The smallest absolute Gasteiger partial charge is 0.251 e. The summed E-state index contributed by atoms with van der Waals surface area (Å²) in [5, 5.41) is 17.5. The summed E-state index contributed by atoms with van der Waals surface area (Å²) in [5.74, 6) is 0.416. The van der Waals surface area contributed by atoms with E-state index in [4.69, 9.17) is 27.0 Å². The van der Waals surface area contributed by atoms with Crippen LogP contribution in [0.4, 0.5) is 0 Å². The first-order chi connectivity index (χ1) is 12.0. The Morgan fingerprint density at radius 2 is 1.60 bits per heavy atom. The molecule has 7 N–H and O–H groups in total. The van der Waals surface area contributed by atoms with Gasteiger partial charge in [0.25, 0.3) is 5.91 Å². The highest BCUT2D eigenvalue weighted by Gasteiger charge is 2.05. The molecule has 2 aromatic rings. The number of carbonyl (C=O) groups excluding carboxylic acids is 1. The molecule has 0 heterocycles. The third kappa shape index (κ3) is 5.35. The normalized spacial score (nSPS) is 10.1. The van der Waals surface area contributed by atoms with Crippen LogP contribution in [0.15, 0.2) is 48.5 Å². The number of amides is 1. The van der Waals surface area contributed by atoms with Gasteiger partial charge >= 0.3 is 0 Å². The molecule has 0 aliphatic rings. The molecule has 7 heteroatoms. The second kappa shape index (κ2) is 8.49. The number of nitrogens with two attached hydrogens (primary N) is 2. The maximum atomic E-state index is 12.0. The summed E-state index contributed by atoms with van der Waals surface area (Å²) >= 11 is 0. The lowest BCUT2D eigenvalue weighted by atomic mass is 10.1. The maximum absolute atomic E-state index is 12.0. The fraction of sp³-hybridized carbons (Fsp3) is 0.167. The van der Waals surface area contributed by atoms with Crippen molar-refractivity contribution in [3.63, 3.8) is 0 Å². The second-order valence-electron chi connectivity index (χ2n) is 5.39. The van der Waals surface area contributed by atoms with Crippen LogP contribution in [0, 0.1) is 10.8 Å². The van der Waals surface area contributed by atoms with Gasteiger partial charge in [-0.1, -0.05) is 24.3 Å². The van der Waals surface area contributed by atoms with Gasteiger partial charge in [-0.3, -0.25) is 15.6 Å². The molecule has 0 aliphatic carbocycles. The molecule has 0 aliphatic heterocycles. The lowest BCUT2D eigenvalue weighted by Gasteiger charge is -2.09. The molecule has 2 rings (SSSR count). The standard InChI is InChI=1S/C18H21N5O2/c19-16(20)12-5-7-13(8-6-12)18(24)23-9-2-10-25-15-4-1-3-14(11-15)17(21)22/h1,3-8,11H,2,9-10H2,(H3,19,20)(H3,21,22)(H,23,24). The van der Waals surface area contributed by atoms with Gasteiger partial charge in [-0.2, -0.15) is 0 Å². The van der Waals surface area contributed by atoms with Gasteiger partial charge in [0.2, 0.25) is 0 Å². The van der Waals surface area contributed by atoms with E-state index in [1.165, 1.54) is 0 Å². The summed E-state index contributed by atoms with van der Waals surface area (Å²) in [6.45, 7) is 0.907. The predicted molar refractivity (Wildman–Crippen MR) is 97.4 cm³/mol. The van der Waals surface area contributed by atoms with Crippen molar-refractivity contribution >= 4 is 17.6 Å². The van der Waals surface area contributed by atoms with Crippen LogP contribution in [0.25, 0.3) is 0 Å². The van der Waals surface area contributed by atoms with Crippen LogP contribution in [0.5, 0.6) is 5.75 Å². The SMILES string of the molecule is N=C(N)c1ccc(C(=O)NCCCOc2cccc(C(=N)N)c2)cc1. The summed E-state index contributed by atoms with van der Waals surface area (Å²) in [6.07, 6.45) is 0.640. The number of ether oxygens (including phenoxy) is 1. The van der Waals surface area contributed by atoms with Crippen LogP contribution < -0.4 is 21.5 Å². The van der Waals surface area contributed by atoms with Crippen molar-refractivity contribution in [2.45, 2.75) is 6.42 Å². The van der Waals surface area contributed by atoms with Gasteiger partial charge in [0.15, 0.2) is 0 Å². The number of benzene rings is 2. The highest BCUT2D eigenvalue weighted by atomic mass is 16.5. The Labute approximate surface area is 146 Å². The first kappa shape index (κ1) is 18.0. The van der Waals surface area contributed by atoms with E-state index in [1.54, 1.807) is 48.5 Å². The molecule has 0 aromatic heterocycles. The lowest BCUT2D eigenvalue weighted by Crippen LogP contribution is -2.25. The molecule has 25 heavy (non-hydrogen) atoms. The molecule has 7 nitrogen and oxygen atoms in total. The summed E-state index contributed by atoms with van der Waals surface area (Å²) in [5.41, 5.74) is 12.5. The van der Waals surface area contributed by atoms with Crippen molar-refractivity contribution in [3.8, 4) is 5.75 Å². The third-order valence-corrected chi connectivity index (χ3v) is 3.48. The van der Waals surface area contributed by atoms with Crippen LogP contribution in [0.1, 0.15) is 27.9 Å². The topological polar surface area (TPSA) is 138 Å². The molecular formula is C18H21N5O2. The average Bonchev–Trinajstić information content (AvgIpc) is 2.61. The van der Waals surface area contributed by atoms with Gasteiger partial charge in [0.05, 0.1) is 6.61 Å². The zero-order chi connectivity index (χ0) is 18.2. The van der Waals surface area contributed by atoms with Crippen LogP contribution in [-0.2, 0) is 0 Å². The Balaban J connectivity index is 1.73. The van der Waals surface area contributed by atoms with Gasteiger partial charge in [0, 0.05) is 23.2 Å². The van der Waals surface area contributed by atoms with Crippen molar-refractivity contribution in [1.29, 1.82) is 10.8 Å². The number of rotatable bonds is 8. The molecule has 1 amide bonds. The van der Waals surface area contributed by atoms with Crippen molar-refractivity contribution in [3.05, 3.63) is 65.2 Å². The Bertz CT molecular complexity index is 771. The summed E-state index contributed by atoms with van der Waals surface area (Å²) < 4.78 is 5.59. The van der Waals surface area contributed by atoms with Crippen LogP contribution in [-0.4, -0.2) is 30.7 Å². The average molecular weight is 339 g/mol. The summed E-state index contributed by atoms with van der Waals surface area (Å²) in [4.78, 5) is 12.0. The Morgan fingerprint density at radius 3 is 2.24 bits per heavy atom. The fourth-order valence-corrected chi connectivity index (χ4v) is 2.12. The van der Waals surface area contributed by atoms with Crippen molar-refractivity contribution in [2.24, 2.45) is 11.5 Å². The Morgan fingerprint density at radius 1 is 0.960 bits per heavy atom. The van der Waals surface area contributed by atoms with E-state index in [2.05, 4.69) is 5.32 Å². The minimum Gasteiger partial charge on any atom is -0.494 e. The molecule has 130 valence electrons. The van der Waals surface area contributed by atoms with Crippen molar-refractivity contribution in [1.82, 2.24) is 5.32 Å². The lowest BCUT2D eigenvalue weighted by molar-refractivity contribution is 0.0951. The zero-order valence-corrected chi connectivity index (χ0v) is 13.7. The molecule has 0 saturated heterocycles. The van der Waals surface area contributed by atoms with Crippen LogP contribution in [0.2, 0.25) is 0 Å². The minimum atomic E-state index is -0.186. The molecule has 0 atom stereocenters. The van der Waals surface area contributed by atoms with E-state index in [1.807, 2.05) is 0 Å². The largest absolute Gasteiger partial charge is 0.494 e. The van der Waals surface area contributed by atoms with Gasteiger partial charge in [-0.05, 0) is 30.7 Å². The van der Waals surface area contributed by atoms with E-state index in [9.17, 15) is 4.79 Å². The third-order valence-electron chi connectivity index (χ3n) is 3.48. The van der Waals surface area contributed by atoms with Gasteiger partial charge in [-0.15, -0.1) is 0 Å². The van der Waals surface area contributed by atoms with E-state index in [0.29, 0.717) is 42.0 Å². The molecule has 0 radical (unpaired) electrons. The predicted octanol–water partition coefficient (Wildman–Crippen LogP) is 1.45. The van der Waals surface area contributed by atoms with E-state index in [0.717, 1.165) is 0 Å². The van der Waals surface area contributed by atoms with E-state index < -0.39 is 0 Å². The first-order valence-electron chi connectivity index (χ1n) is 7.77. The molecular weight excluding hydrogens is 318 g/mol. The molecule has 0 fully saturated rings. The highest BCUT2D eigenvalue weighted by molar-refractivity contribution is 5.98. The number of hydrogen-bond acceptors (Lipinski definition) is 4. The molecule has 2 aromatic carbocycles. The molecule has 0 unspecified atom stereocenters.